The minimum atomic E-state index is -0.0790. The van der Waals surface area contributed by atoms with Gasteiger partial charge in [0.2, 0.25) is 0 Å². The van der Waals surface area contributed by atoms with Crippen molar-refractivity contribution >= 4 is 28.3 Å². The quantitative estimate of drug-likeness (QED) is 0.766. The molecule has 0 unspecified atom stereocenters. The van der Waals surface area contributed by atoms with Gasteiger partial charge in [-0.05, 0) is 32.0 Å². The summed E-state index contributed by atoms with van der Waals surface area (Å²) in [5.74, 6) is 0.615. The number of ether oxygens (including phenoxy) is 1. The number of nitrogens with zero attached hydrogens (tertiary/aromatic N) is 1. The lowest BCUT2D eigenvalue weighted by atomic mass is 10.1. The second kappa shape index (κ2) is 4.34. The second-order valence-electron chi connectivity index (χ2n) is 3.83. The molecule has 1 aromatic heterocycles. The van der Waals surface area contributed by atoms with Gasteiger partial charge in [0, 0.05) is 5.39 Å². The van der Waals surface area contributed by atoms with Crippen molar-refractivity contribution in [1.29, 1.82) is 0 Å². The van der Waals surface area contributed by atoms with Crippen LogP contribution in [0.4, 0.5) is 0 Å². The first-order chi connectivity index (χ1) is 8.04. The number of carbonyl (C=O) groups excluding carboxylic acids is 1. The number of methoxy groups -OCH3 is 1. The van der Waals surface area contributed by atoms with Crippen LogP contribution in [0, 0.1) is 6.92 Å². The highest BCUT2D eigenvalue weighted by Crippen LogP contribution is 2.30. The van der Waals surface area contributed by atoms with Crippen molar-refractivity contribution < 1.29 is 9.53 Å². The highest BCUT2D eigenvalue weighted by Gasteiger charge is 2.14. The molecule has 88 valence electrons. The van der Waals surface area contributed by atoms with E-state index in [9.17, 15) is 4.79 Å². The Balaban J connectivity index is 2.83. The number of aryl methyl sites for hydroxylation is 1. The highest BCUT2D eigenvalue weighted by atomic mass is 35.5. The van der Waals surface area contributed by atoms with Gasteiger partial charge in [-0.1, -0.05) is 11.6 Å². The Morgan fingerprint density at radius 2 is 2.12 bits per heavy atom. The van der Waals surface area contributed by atoms with Crippen molar-refractivity contribution in [3.63, 3.8) is 0 Å². The molecular formula is C13H12ClNO2. The molecule has 0 aliphatic rings. The summed E-state index contributed by atoms with van der Waals surface area (Å²) in [6.07, 6.45) is 0. The van der Waals surface area contributed by atoms with E-state index >= 15 is 0 Å². The van der Waals surface area contributed by atoms with E-state index in [0.717, 1.165) is 10.9 Å². The number of fused-ring (bicyclic) bond motifs is 1. The number of benzene rings is 1. The summed E-state index contributed by atoms with van der Waals surface area (Å²) in [7, 11) is 1.59. The van der Waals surface area contributed by atoms with E-state index in [1.54, 1.807) is 20.1 Å². The fraction of sp³-hybridized carbons (Fsp3) is 0.231. The standard InChI is InChI=1S/C13H12ClNO2/c1-7-12(8(2)16)13(14)10-6-9(17-3)4-5-11(10)15-7/h4-6H,1-3H3. The first-order valence-electron chi connectivity index (χ1n) is 5.19. The Labute approximate surface area is 104 Å². The molecule has 4 heteroatoms. The average Bonchev–Trinajstić information content (AvgIpc) is 2.28. The van der Waals surface area contributed by atoms with Crippen LogP contribution in [-0.2, 0) is 0 Å². The van der Waals surface area contributed by atoms with Crippen LogP contribution >= 0.6 is 11.6 Å². The van der Waals surface area contributed by atoms with Gasteiger partial charge in [-0.15, -0.1) is 0 Å². The summed E-state index contributed by atoms with van der Waals surface area (Å²) >= 11 is 6.25. The summed E-state index contributed by atoms with van der Waals surface area (Å²) in [5.41, 5.74) is 1.89. The topological polar surface area (TPSA) is 39.2 Å². The molecular weight excluding hydrogens is 238 g/mol. The number of Topliss-reactive ketones (excluding diaryl/α,β-unsaturated/α-hetero) is 1. The van der Waals surface area contributed by atoms with Gasteiger partial charge in [-0.2, -0.15) is 0 Å². The van der Waals surface area contributed by atoms with E-state index in [1.807, 2.05) is 12.1 Å². The van der Waals surface area contributed by atoms with Crippen molar-refractivity contribution in [1.82, 2.24) is 4.98 Å². The van der Waals surface area contributed by atoms with E-state index in [2.05, 4.69) is 4.98 Å². The van der Waals surface area contributed by atoms with Crippen LogP contribution in [0.25, 0.3) is 10.9 Å². The second-order valence-corrected chi connectivity index (χ2v) is 4.20. The van der Waals surface area contributed by atoms with Crippen molar-refractivity contribution in [2.45, 2.75) is 13.8 Å². The van der Waals surface area contributed by atoms with Crippen LogP contribution in [0.5, 0.6) is 5.75 Å². The summed E-state index contributed by atoms with van der Waals surface area (Å²) in [4.78, 5) is 15.9. The Kier molecular flexibility index (Phi) is 3.03. The van der Waals surface area contributed by atoms with Crippen molar-refractivity contribution in [3.8, 4) is 5.75 Å². The molecule has 0 amide bonds. The molecule has 1 heterocycles. The average molecular weight is 250 g/mol. The third-order valence-corrected chi connectivity index (χ3v) is 3.05. The number of aromatic nitrogens is 1. The van der Waals surface area contributed by atoms with Crippen molar-refractivity contribution in [2.75, 3.05) is 7.11 Å². The largest absolute Gasteiger partial charge is 0.497 e. The third-order valence-electron chi connectivity index (χ3n) is 2.66. The molecule has 0 saturated heterocycles. The summed E-state index contributed by atoms with van der Waals surface area (Å²) in [5, 5.41) is 1.18. The maximum Gasteiger partial charge on any atom is 0.163 e. The number of halogens is 1. The number of ketones is 1. The van der Waals surface area contributed by atoms with Crippen LogP contribution in [-0.4, -0.2) is 17.9 Å². The molecule has 1 aromatic carbocycles. The van der Waals surface area contributed by atoms with E-state index < -0.39 is 0 Å². The fourth-order valence-corrected chi connectivity index (χ4v) is 2.28. The third kappa shape index (κ3) is 1.98. The van der Waals surface area contributed by atoms with Gasteiger partial charge in [-0.25, -0.2) is 0 Å². The molecule has 0 saturated carbocycles. The van der Waals surface area contributed by atoms with Gasteiger partial charge < -0.3 is 4.74 Å². The number of pyridine rings is 1. The molecule has 0 radical (unpaired) electrons. The lowest BCUT2D eigenvalue weighted by molar-refractivity contribution is 0.101. The van der Waals surface area contributed by atoms with Crippen LogP contribution in [0.1, 0.15) is 23.0 Å². The monoisotopic (exact) mass is 249 g/mol. The van der Waals surface area contributed by atoms with Gasteiger partial charge in [0.15, 0.2) is 5.78 Å². The number of hydrogen-bond acceptors (Lipinski definition) is 3. The van der Waals surface area contributed by atoms with E-state index in [1.165, 1.54) is 6.92 Å². The zero-order valence-corrected chi connectivity index (χ0v) is 10.6. The van der Waals surface area contributed by atoms with E-state index in [-0.39, 0.29) is 5.78 Å². The zero-order valence-electron chi connectivity index (χ0n) is 9.87. The molecule has 0 aliphatic carbocycles. The normalized spacial score (nSPS) is 10.6. The van der Waals surface area contributed by atoms with Crippen molar-refractivity contribution in [2.24, 2.45) is 0 Å². The molecule has 3 nitrogen and oxygen atoms in total. The number of rotatable bonds is 2. The zero-order chi connectivity index (χ0) is 12.6. The first-order valence-corrected chi connectivity index (χ1v) is 5.57. The van der Waals surface area contributed by atoms with Gasteiger partial charge in [0.25, 0.3) is 0 Å². The maximum atomic E-state index is 11.5. The van der Waals surface area contributed by atoms with Crippen LogP contribution in [0.3, 0.4) is 0 Å². The Hall–Kier alpha value is -1.61. The lowest BCUT2D eigenvalue weighted by Crippen LogP contribution is -2.01. The molecule has 2 rings (SSSR count). The number of carbonyl (C=O) groups is 1. The van der Waals surface area contributed by atoms with Crippen LogP contribution < -0.4 is 4.74 Å². The van der Waals surface area contributed by atoms with Gasteiger partial charge in [0.05, 0.1) is 28.9 Å². The predicted molar refractivity (Wildman–Crippen MR) is 68.0 cm³/mol. The minimum Gasteiger partial charge on any atom is -0.497 e. The molecule has 0 fully saturated rings. The first kappa shape index (κ1) is 11.9. The Morgan fingerprint density at radius 1 is 1.41 bits per heavy atom. The number of hydrogen-bond donors (Lipinski definition) is 0. The molecule has 0 atom stereocenters. The Morgan fingerprint density at radius 3 is 2.71 bits per heavy atom. The van der Waals surface area contributed by atoms with Gasteiger partial charge >= 0.3 is 0 Å². The lowest BCUT2D eigenvalue weighted by Gasteiger charge is -2.09. The van der Waals surface area contributed by atoms with Crippen LogP contribution in [0.2, 0.25) is 5.02 Å². The molecule has 17 heavy (non-hydrogen) atoms. The smallest absolute Gasteiger partial charge is 0.163 e. The SMILES string of the molecule is COc1ccc2nc(C)c(C(C)=O)c(Cl)c2c1. The predicted octanol–water partition coefficient (Wildman–Crippen LogP) is 3.41. The molecule has 2 aromatic rings. The summed E-state index contributed by atoms with van der Waals surface area (Å²) < 4.78 is 5.14. The summed E-state index contributed by atoms with van der Waals surface area (Å²) in [6.45, 7) is 3.27. The molecule has 0 bridgehead atoms. The van der Waals surface area contributed by atoms with E-state index in [4.69, 9.17) is 16.3 Å². The van der Waals surface area contributed by atoms with Gasteiger partial charge in [-0.3, -0.25) is 9.78 Å². The molecule has 0 N–H and O–H groups in total. The fourth-order valence-electron chi connectivity index (χ4n) is 1.85. The summed E-state index contributed by atoms with van der Waals surface area (Å²) in [6, 6.07) is 5.44. The Bertz CT molecular complexity index is 608. The van der Waals surface area contributed by atoms with Gasteiger partial charge in [0.1, 0.15) is 5.75 Å². The molecule has 0 aliphatic heterocycles. The van der Waals surface area contributed by atoms with E-state index in [0.29, 0.717) is 22.0 Å². The highest BCUT2D eigenvalue weighted by molar-refractivity contribution is 6.38. The van der Waals surface area contributed by atoms with Crippen molar-refractivity contribution in [3.05, 3.63) is 34.5 Å². The maximum absolute atomic E-state index is 11.5. The minimum absolute atomic E-state index is 0.0790. The van der Waals surface area contributed by atoms with Crippen LogP contribution in [0.15, 0.2) is 18.2 Å². The molecule has 0 spiro atoms.